The monoisotopic (exact) mass is 350 g/mol. The van der Waals surface area contributed by atoms with Crippen molar-refractivity contribution in [2.75, 3.05) is 26.2 Å². The molecule has 0 aliphatic carbocycles. The van der Waals surface area contributed by atoms with E-state index in [2.05, 4.69) is 10.5 Å². The lowest BCUT2D eigenvalue weighted by atomic mass is 10.0. The van der Waals surface area contributed by atoms with Crippen molar-refractivity contribution < 1.29 is 9.32 Å². The van der Waals surface area contributed by atoms with Crippen molar-refractivity contribution in [3.05, 3.63) is 34.8 Å². The number of amides is 1. The summed E-state index contributed by atoms with van der Waals surface area (Å²) in [6.45, 7) is 9.64. The third-order valence-electron chi connectivity index (χ3n) is 5.18. The summed E-state index contributed by atoms with van der Waals surface area (Å²) in [6.07, 6.45) is 0. The predicted octanol–water partition coefficient (Wildman–Crippen LogP) is 2.10. The van der Waals surface area contributed by atoms with Crippen LogP contribution in [-0.2, 0) is 0 Å². The van der Waals surface area contributed by atoms with Gasteiger partial charge >= 0.3 is 0 Å². The van der Waals surface area contributed by atoms with Gasteiger partial charge in [-0.1, -0.05) is 5.16 Å². The van der Waals surface area contributed by atoms with Gasteiger partial charge in [-0.25, -0.2) is 0 Å². The summed E-state index contributed by atoms with van der Waals surface area (Å²) in [5, 5.41) is 7.49. The summed E-state index contributed by atoms with van der Waals surface area (Å²) in [7, 11) is 0. The first-order valence-corrected chi connectivity index (χ1v) is 8.17. The van der Waals surface area contributed by atoms with Gasteiger partial charge in [-0.2, -0.15) is 0 Å². The molecule has 2 aromatic rings. The molecule has 7 heteroatoms. The molecule has 2 aliphatic heterocycles. The van der Waals surface area contributed by atoms with Crippen LogP contribution in [0, 0.1) is 32.6 Å². The third-order valence-corrected chi connectivity index (χ3v) is 5.18. The normalized spacial score (nSPS) is 22.5. The van der Waals surface area contributed by atoms with E-state index in [0.717, 1.165) is 54.7 Å². The molecule has 2 fully saturated rings. The number of aromatic nitrogens is 2. The molecular weight excluding hydrogens is 328 g/mol. The molecule has 0 unspecified atom stereocenters. The van der Waals surface area contributed by atoms with E-state index in [-0.39, 0.29) is 18.3 Å². The van der Waals surface area contributed by atoms with Crippen LogP contribution < -0.4 is 5.32 Å². The molecule has 0 bridgehead atoms. The van der Waals surface area contributed by atoms with Crippen molar-refractivity contribution in [1.29, 1.82) is 0 Å². The van der Waals surface area contributed by atoms with Crippen LogP contribution >= 0.6 is 12.4 Å². The minimum atomic E-state index is 0. The smallest absolute Gasteiger partial charge is 0.255 e. The van der Waals surface area contributed by atoms with Gasteiger partial charge in [0.2, 0.25) is 0 Å². The maximum Gasteiger partial charge on any atom is 0.255 e. The van der Waals surface area contributed by atoms with Crippen LogP contribution in [0.25, 0.3) is 5.82 Å². The van der Waals surface area contributed by atoms with Crippen LogP contribution in [0.2, 0.25) is 0 Å². The van der Waals surface area contributed by atoms with Crippen LogP contribution in [0.3, 0.4) is 0 Å². The zero-order chi connectivity index (χ0) is 16.1. The highest BCUT2D eigenvalue weighted by molar-refractivity contribution is 5.96. The van der Waals surface area contributed by atoms with Crippen LogP contribution in [0.15, 0.2) is 16.7 Å². The zero-order valence-electron chi connectivity index (χ0n) is 14.2. The van der Waals surface area contributed by atoms with Crippen molar-refractivity contribution >= 4 is 18.3 Å². The van der Waals surface area contributed by atoms with Crippen LogP contribution in [-0.4, -0.2) is 46.7 Å². The fourth-order valence-corrected chi connectivity index (χ4v) is 3.98. The molecule has 2 aliphatic rings. The molecule has 2 aromatic heterocycles. The van der Waals surface area contributed by atoms with Gasteiger partial charge in [0.05, 0.1) is 5.56 Å². The number of aryl methyl sites for hydroxylation is 2. The van der Waals surface area contributed by atoms with E-state index < -0.39 is 0 Å². The molecule has 2 saturated heterocycles. The number of likely N-dealkylation sites (tertiary alicyclic amines) is 1. The number of hydrogen-bond donors (Lipinski definition) is 1. The predicted molar refractivity (Wildman–Crippen MR) is 93.0 cm³/mol. The second-order valence-corrected chi connectivity index (χ2v) is 6.80. The highest BCUT2D eigenvalue weighted by Gasteiger charge is 2.38. The summed E-state index contributed by atoms with van der Waals surface area (Å²) in [5.41, 5.74) is 2.70. The largest absolute Gasteiger partial charge is 0.360 e. The molecule has 1 N–H and O–H groups in total. The first-order valence-electron chi connectivity index (χ1n) is 8.17. The Balaban J connectivity index is 0.00000169. The number of rotatable bonds is 2. The topological polar surface area (TPSA) is 63.3 Å². The van der Waals surface area contributed by atoms with Crippen molar-refractivity contribution in [1.82, 2.24) is 19.9 Å². The highest BCUT2D eigenvalue weighted by atomic mass is 35.5. The van der Waals surface area contributed by atoms with E-state index >= 15 is 0 Å². The molecule has 4 heterocycles. The Labute approximate surface area is 147 Å². The fraction of sp³-hybridized carbons (Fsp3) is 0.529. The standard InChI is InChI=1S/C17H22N4O2.ClH/c1-10-4-15(12(3)21(10)16-5-11(2)23-19-16)17(22)20-8-13-6-18-7-14(13)9-20;/h4-5,13-14,18H,6-9H2,1-3H3;1H/t13-,14+;. The average molecular weight is 351 g/mol. The van der Waals surface area contributed by atoms with E-state index in [1.165, 1.54) is 0 Å². The highest BCUT2D eigenvalue weighted by Crippen LogP contribution is 2.29. The molecule has 0 saturated carbocycles. The number of halogens is 1. The van der Waals surface area contributed by atoms with Gasteiger partial charge < -0.3 is 14.7 Å². The first-order chi connectivity index (χ1) is 11.0. The summed E-state index contributed by atoms with van der Waals surface area (Å²) < 4.78 is 7.16. The van der Waals surface area contributed by atoms with Crippen LogP contribution in [0.4, 0.5) is 0 Å². The van der Waals surface area contributed by atoms with E-state index in [9.17, 15) is 4.79 Å². The lowest BCUT2D eigenvalue weighted by molar-refractivity contribution is 0.0781. The quantitative estimate of drug-likeness (QED) is 0.901. The molecule has 6 nitrogen and oxygen atoms in total. The van der Waals surface area contributed by atoms with Crippen LogP contribution in [0.1, 0.15) is 27.5 Å². The Morgan fingerprint density at radius 1 is 1.21 bits per heavy atom. The number of hydrogen-bond acceptors (Lipinski definition) is 4. The molecule has 130 valence electrons. The Morgan fingerprint density at radius 3 is 2.46 bits per heavy atom. The molecule has 2 atom stereocenters. The second kappa shape index (κ2) is 6.26. The number of nitrogens with one attached hydrogen (secondary N) is 1. The molecule has 4 rings (SSSR count). The van der Waals surface area contributed by atoms with E-state index in [1.54, 1.807) is 0 Å². The summed E-state index contributed by atoms with van der Waals surface area (Å²) in [4.78, 5) is 15.0. The Kier molecular flexibility index (Phi) is 4.44. The lowest BCUT2D eigenvalue weighted by Crippen LogP contribution is -2.32. The SMILES string of the molecule is Cc1cc(-n2c(C)cc(C(=O)N3C[C@H]4CNC[C@H]4C3)c2C)no1.Cl. The average Bonchev–Trinajstić information content (AvgIpc) is 3.22. The number of carbonyl (C=O) groups excluding carboxylic acids is 1. The molecule has 24 heavy (non-hydrogen) atoms. The molecule has 0 aromatic carbocycles. The molecule has 1 amide bonds. The number of carbonyl (C=O) groups is 1. The van der Waals surface area contributed by atoms with Gasteiger partial charge in [0.15, 0.2) is 5.82 Å². The van der Waals surface area contributed by atoms with Gasteiger partial charge in [0.25, 0.3) is 5.91 Å². The van der Waals surface area contributed by atoms with Gasteiger partial charge in [-0.3, -0.25) is 9.36 Å². The van der Waals surface area contributed by atoms with Crippen molar-refractivity contribution in [3.63, 3.8) is 0 Å². The maximum atomic E-state index is 12.9. The summed E-state index contributed by atoms with van der Waals surface area (Å²) in [5.74, 6) is 2.86. The van der Waals surface area contributed by atoms with E-state index in [1.807, 2.05) is 42.4 Å². The number of nitrogens with zero attached hydrogens (tertiary/aromatic N) is 3. The van der Waals surface area contributed by atoms with Gasteiger partial charge in [-0.15, -0.1) is 12.4 Å². The van der Waals surface area contributed by atoms with E-state index in [4.69, 9.17) is 4.52 Å². The summed E-state index contributed by atoms with van der Waals surface area (Å²) >= 11 is 0. The fourth-order valence-electron chi connectivity index (χ4n) is 3.98. The third kappa shape index (κ3) is 2.63. The molecular formula is C17H23ClN4O2. The van der Waals surface area contributed by atoms with Crippen molar-refractivity contribution in [2.24, 2.45) is 11.8 Å². The Hall–Kier alpha value is -1.79. The Bertz CT molecular complexity index is 755. The first kappa shape index (κ1) is 17.0. The van der Waals surface area contributed by atoms with E-state index in [0.29, 0.717) is 11.8 Å². The summed E-state index contributed by atoms with van der Waals surface area (Å²) in [6, 6.07) is 3.86. The number of fused-ring (bicyclic) bond motifs is 1. The van der Waals surface area contributed by atoms with Crippen LogP contribution in [0.5, 0.6) is 0 Å². The second-order valence-electron chi connectivity index (χ2n) is 6.80. The van der Waals surface area contributed by atoms with Crippen molar-refractivity contribution in [3.8, 4) is 5.82 Å². The van der Waals surface area contributed by atoms with Gasteiger partial charge in [0.1, 0.15) is 5.76 Å². The minimum Gasteiger partial charge on any atom is -0.360 e. The van der Waals surface area contributed by atoms with Gasteiger partial charge in [-0.05, 0) is 38.7 Å². The maximum absolute atomic E-state index is 12.9. The molecule has 0 spiro atoms. The Morgan fingerprint density at radius 2 is 1.88 bits per heavy atom. The van der Waals surface area contributed by atoms with Crippen molar-refractivity contribution in [2.45, 2.75) is 20.8 Å². The minimum absolute atomic E-state index is 0. The zero-order valence-corrected chi connectivity index (χ0v) is 15.0. The van der Waals surface area contributed by atoms with Gasteiger partial charge in [0, 0.05) is 43.6 Å². The molecule has 0 radical (unpaired) electrons. The lowest BCUT2D eigenvalue weighted by Gasteiger charge is -2.17.